The van der Waals surface area contributed by atoms with Gasteiger partial charge in [0.25, 0.3) is 0 Å². The SMILES string of the molecule is Cc1ccc(Oc2cc(Nc3ccc(C)cc3C)c3c4c(nc(=O)n(C)c24)-c2ccccc2C3=O)cc1. The van der Waals surface area contributed by atoms with Gasteiger partial charge in [0.15, 0.2) is 11.5 Å². The van der Waals surface area contributed by atoms with Gasteiger partial charge in [-0.1, -0.05) is 59.7 Å². The molecule has 6 rings (SSSR count). The van der Waals surface area contributed by atoms with E-state index in [1.165, 1.54) is 4.57 Å². The Bertz CT molecular complexity index is 1800. The second-order valence-corrected chi connectivity index (χ2v) is 9.56. The van der Waals surface area contributed by atoms with Crippen LogP contribution in [0.2, 0.25) is 0 Å². The van der Waals surface area contributed by atoms with E-state index in [4.69, 9.17) is 4.74 Å². The minimum atomic E-state index is -0.415. The first-order chi connectivity index (χ1) is 17.8. The molecule has 0 fully saturated rings. The van der Waals surface area contributed by atoms with E-state index in [0.717, 1.165) is 22.4 Å². The summed E-state index contributed by atoms with van der Waals surface area (Å²) in [5.74, 6) is 0.972. The van der Waals surface area contributed by atoms with Crippen LogP contribution in [0.1, 0.15) is 32.6 Å². The van der Waals surface area contributed by atoms with Gasteiger partial charge >= 0.3 is 5.69 Å². The Labute approximate surface area is 214 Å². The Morgan fingerprint density at radius 3 is 2.24 bits per heavy atom. The van der Waals surface area contributed by atoms with Crippen molar-refractivity contribution in [1.29, 1.82) is 0 Å². The zero-order chi connectivity index (χ0) is 25.8. The van der Waals surface area contributed by atoms with Crippen LogP contribution in [0.4, 0.5) is 11.4 Å². The van der Waals surface area contributed by atoms with Crippen molar-refractivity contribution in [3.05, 3.63) is 111 Å². The second kappa shape index (κ2) is 8.45. The second-order valence-electron chi connectivity index (χ2n) is 9.56. The van der Waals surface area contributed by atoms with E-state index in [-0.39, 0.29) is 5.78 Å². The minimum Gasteiger partial charge on any atom is -0.455 e. The quantitative estimate of drug-likeness (QED) is 0.303. The van der Waals surface area contributed by atoms with Gasteiger partial charge < -0.3 is 10.1 Å². The van der Waals surface area contributed by atoms with Crippen molar-refractivity contribution in [3.8, 4) is 22.8 Å². The molecule has 0 bridgehead atoms. The molecule has 182 valence electrons. The number of carbonyl (C=O) groups excluding carboxylic acids is 1. The average Bonchev–Trinajstić information content (AvgIpc) is 2.88. The molecule has 1 N–H and O–H groups in total. The fraction of sp³-hybridized carbons (Fsp3) is 0.129. The van der Waals surface area contributed by atoms with Gasteiger partial charge in [0.05, 0.1) is 22.5 Å². The molecule has 6 heteroatoms. The lowest BCUT2D eigenvalue weighted by molar-refractivity contribution is 0.104. The van der Waals surface area contributed by atoms with E-state index in [1.54, 1.807) is 13.1 Å². The van der Waals surface area contributed by atoms with Crippen LogP contribution in [0.15, 0.2) is 77.6 Å². The Morgan fingerprint density at radius 2 is 1.51 bits per heavy atom. The molecule has 0 spiro atoms. The van der Waals surface area contributed by atoms with Gasteiger partial charge in [0.1, 0.15) is 5.75 Å². The van der Waals surface area contributed by atoms with Crippen molar-refractivity contribution in [2.45, 2.75) is 20.8 Å². The molecular weight excluding hydrogens is 462 g/mol. The number of benzene rings is 4. The lowest BCUT2D eigenvalue weighted by Gasteiger charge is -2.25. The third-order valence-corrected chi connectivity index (χ3v) is 6.89. The molecule has 0 aliphatic heterocycles. The summed E-state index contributed by atoms with van der Waals surface area (Å²) < 4.78 is 7.83. The lowest BCUT2D eigenvalue weighted by atomic mass is 9.85. The van der Waals surface area contributed by atoms with Gasteiger partial charge in [0.2, 0.25) is 0 Å². The molecule has 4 aromatic carbocycles. The molecule has 37 heavy (non-hydrogen) atoms. The van der Waals surface area contributed by atoms with Gasteiger partial charge in [-0.3, -0.25) is 9.36 Å². The first kappa shape index (κ1) is 22.7. The summed E-state index contributed by atoms with van der Waals surface area (Å²) in [6.07, 6.45) is 0. The van der Waals surface area contributed by atoms with Crippen molar-refractivity contribution in [2.75, 3.05) is 5.32 Å². The van der Waals surface area contributed by atoms with E-state index in [9.17, 15) is 9.59 Å². The van der Waals surface area contributed by atoms with Gasteiger partial charge in [-0.25, -0.2) is 4.79 Å². The predicted molar refractivity (Wildman–Crippen MR) is 146 cm³/mol. The van der Waals surface area contributed by atoms with E-state index >= 15 is 0 Å². The number of hydrogen-bond donors (Lipinski definition) is 1. The van der Waals surface area contributed by atoms with Crippen molar-refractivity contribution in [3.63, 3.8) is 0 Å². The molecule has 0 saturated carbocycles. The summed E-state index contributed by atoms with van der Waals surface area (Å²) >= 11 is 0. The first-order valence-corrected chi connectivity index (χ1v) is 12.1. The number of nitrogens with one attached hydrogen (secondary N) is 1. The standard InChI is InChI=1S/C31H25N3O3/c1-17-9-12-20(13-10-17)37-25-16-24(32-23-14-11-18(2)15-19(23)3)26-27-28(33-31(36)34(4)29(25)27)21-7-5-6-8-22(21)30(26)35/h5-16,32H,1-4H3. The highest BCUT2D eigenvalue weighted by molar-refractivity contribution is 6.28. The highest BCUT2D eigenvalue weighted by Gasteiger charge is 2.32. The summed E-state index contributed by atoms with van der Waals surface area (Å²) in [5, 5.41) is 4.09. The van der Waals surface area contributed by atoms with Crippen molar-refractivity contribution in [1.82, 2.24) is 9.55 Å². The van der Waals surface area contributed by atoms with E-state index in [1.807, 2.05) is 81.4 Å². The van der Waals surface area contributed by atoms with Crippen LogP contribution in [0.3, 0.4) is 0 Å². The number of aromatic nitrogens is 2. The van der Waals surface area contributed by atoms with Crippen LogP contribution in [0.25, 0.3) is 22.2 Å². The number of ether oxygens (including phenoxy) is 1. The maximum atomic E-state index is 14.0. The number of nitrogens with zero attached hydrogens (tertiary/aromatic N) is 2. The molecule has 0 radical (unpaired) electrons. The highest BCUT2D eigenvalue weighted by atomic mass is 16.5. The predicted octanol–water partition coefficient (Wildman–Crippen LogP) is 6.61. The summed E-state index contributed by atoms with van der Waals surface area (Å²) in [6.45, 7) is 6.08. The first-order valence-electron chi connectivity index (χ1n) is 12.1. The zero-order valence-corrected chi connectivity index (χ0v) is 21.0. The number of anilines is 2. The lowest BCUT2D eigenvalue weighted by Crippen LogP contribution is -2.25. The third-order valence-electron chi connectivity index (χ3n) is 6.89. The Kier molecular flexibility index (Phi) is 5.19. The Morgan fingerprint density at radius 1 is 0.811 bits per heavy atom. The number of hydrogen-bond acceptors (Lipinski definition) is 5. The van der Waals surface area contributed by atoms with Crippen LogP contribution in [-0.4, -0.2) is 15.3 Å². The fourth-order valence-corrected chi connectivity index (χ4v) is 5.00. The number of fused-ring (bicyclic) bond motifs is 2. The van der Waals surface area contributed by atoms with Crippen molar-refractivity contribution >= 4 is 28.1 Å². The zero-order valence-electron chi connectivity index (χ0n) is 21.0. The third kappa shape index (κ3) is 3.69. The molecule has 6 nitrogen and oxygen atoms in total. The smallest absolute Gasteiger partial charge is 0.348 e. The molecule has 0 amide bonds. The molecule has 0 atom stereocenters. The number of rotatable bonds is 4. The summed E-state index contributed by atoms with van der Waals surface area (Å²) in [4.78, 5) is 31.4. The fourth-order valence-electron chi connectivity index (χ4n) is 5.00. The van der Waals surface area contributed by atoms with Crippen LogP contribution < -0.4 is 15.7 Å². The molecular formula is C31H25N3O3. The van der Waals surface area contributed by atoms with Crippen LogP contribution in [0, 0.1) is 20.8 Å². The van der Waals surface area contributed by atoms with E-state index in [0.29, 0.717) is 50.5 Å². The van der Waals surface area contributed by atoms with E-state index < -0.39 is 5.69 Å². The summed E-state index contributed by atoms with van der Waals surface area (Å²) in [7, 11) is 1.66. The molecule has 1 aliphatic rings. The number of carbonyl (C=O) groups is 1. The minimum absolute atomic E-state index is 0.123. The maximum absolute atomic E-state index is 14.0. The van der Waals surface area contributed by atoms with Gasteiger partial charge in [-0.15, -0.1) is 0 Å². The Hall–Kier alpha value is -4.71. The van der Waals surface area contributed by atoms with Crippen LogP contribution >= 0.6 is 0 Å². The van der Waals surface area contributed by atoms with Gasteiger partial charge in [-0.2, -0.15) is 4.98 Å². The highest BCUT2D eigenvalue weighted by Crippen LogP contribution is 2.45. The molecule has 5 aromatic rings. The topological polar surface area (TPSA) is 73.2 Å². The molecule has 1 heterocycles. The molecule has 1 aromatic heterocycles. The van der Waals surface area contributed by atoms with Gasteiger partial charge in [-0.05, 0) is 44.5 Å². The molecule has 1 aliphatic carbocycles. The normalized spacial score (nSPS) is 11.9. The average molecular weight is 488 g/mol. The van der Waals surface area contributed by atoms with E-state index in [2.05, 4.69) is 16.4 Å². The monoisotopic (exact) mass is 487 g/mol. The van der Waals surface area contributed by atoms with Crippen molar-refractivity contribution in [2.24, 2.45) is 7.05 Å². The maximum Gasteiger partial charge on any atom is 0.348 e. The Balaban J connectivity index is 1.69. The summed E-state index contributed by atoms with van der Waals surface area (Å²) in [6, 6.07) is 22.9. The number of ketones is 1. The molecule has 0 unspecified atom stereocenters. The van der Waals surface area contributed by atoms with Crippen LogP contribution in [-0.2, 0) is 7.05 Å². The number of aryl methyl sites for hydroxylation is 4. The largest absolute Gasteiger partial charge is 0.455 e. The summed E-state index contributed by atoms with van der Waals surface area (Å²) in [5.41, 5.74) is 7.04. The van der Waals surface area contributed by atoms with Crippen molar-refractivity contribution < 1.29 is 9.53 Å². The molecule has 0 saturated heterocycles. The van der Waals surface area contributed by atoms with Gasteiger partial charge in [0, 0.05) is 35.3 Å². The van der Waals surface area contributed by atoms with Crippen LogP contribution in [0.5, 0.6) is 11.5 Å².